The standard InChI is InChI=1S/C11H21NO5S/c1-6-8(18(14,15)16)11(12,10(3,4)5)17-9(13)7-2/h7-8H,2,6,12H2,1,3-5H3,(H,14,15,16). The van der Waals surface area contributed by atoms with Crippen molar-refractivity contribution < 1.29 is 22.5 Å². The van der Waals surface area contributed by atoms with Gasteiger partial charge in [-0.05, 0) is 6.42 Å². The summed E-state index contributed by atoms with van der Waals surface area (Å²) in [5.74, 6) is -0.838. The largest absolute Gasteiger partial charge is 0.439 e. The highest BCUT2D eigenvalue weighted by atomic mass is 32.2. The van der Waals surface area contributed by atoms with E-state index in [4.69, 9.17) is 10.5 Å². The molecule has 0 saturated carbocycles. The molecule has 0 heterocycles. The third kappa shape index (κ3) is 3.54. The Morgan fingerprint density at radius 3 is 2.17 bits per heavy atom. The molecule has 0 amide bonds. The van der Waals surface area contributed by atoms with Crippen LogP contribution in [0.25, 0.3) is 0 Å². The fourth-order valence-corrected chi connectivity index (χ4v) is 2.91. The molecule has 0 bridgehead atoms. The van der Waals surface area contributed by atoms with E-state index >= 15 is 0 Å². The normalized spacial score (nSPS) is 17.7. The van der Waals surface area contributed by atoms with Gasteiger partial charge in [-0.25, -0.2) is 4.79 Å². The highest BCUT2D eigenvalue weighted by Crippen LogP contribution is 2.36. The lowest BCUT2D eigenvalue weighted by atomic mass is 9.80. The van der Waals surface area contributed by atoms with E-state index in [1.165, 1.54) is 6.92 Å². The fourth-order valence-electron chi connectivity index (χ4n) is 1.65. The molecule has 2 unspecified atom stereocenters. The van der Waals surface area contributed by atoms with Crippen molar-refractivity contribution in [3.8, 4) is 0 Å². The van der Waals surface area contributed by atoms with Crippen LogP contribution >= 0.6 is 0 Å². The minimum absolute atomic E-state index is 0.0109. The average molecular weight is 279 g/mol. The van der Waals surface area contributed by atoms with Gasteiger partial charge in [-0.2, -0.15) is 8.42 Å². The zero-order chi connectivity index (χ0) is 14.8. The lowest BCUT2D eigenvalue weighted by molar-refractivity contribution is -0.167. The predicted octanol–water partition coefficient (Wildman–Crippen LogP) is 1.08. The molecule has 0 aliphatic rings. The summed E-state index contributed by atoms with van der Waals surface area (Å²) in [5, 5.41) is -1.41. The monoisotopic (exact) mass is 279 g/mol. The second kappa shape index (κ2) is 5.38. The van der Waals surface area contributed by atoms with Gasteiger partial charge in [-0.3, -0.25) is 10.3 Å². The summed E-state index contributed by atoms with van der Waals surface area (Å²) < 4.78 is 37.0. The summed E-state index contributed by atoms with van der Waals surface area (Å²) in [4.78, 5) is 11.3. The van der Waals surface area contributed by atoms with Crippen LogP contribution in [0.5, 0.6) is 0 Å². The summed E-state index contributed by atoms with van der Waals surface area (Å²) in [6.07, 6.45) is 0.904. The van der Waals surface area contributed by atoms with Gasteiger partial charge in [0.05, 0.1) is 0 Å². The van der Waals surface area contributed by atoms with Crippen LogP contribution in [0.1, 0.15) is 34.1 Å². The first-order valence-corrected chi connectivity index (χ1v) is 7.01. The summed E-state index contributed by atoms with van der Waals surface area (Å²) in [5.41, 5.74) is 3.23. The van der Waals surface area contributed by atoms with E-state index in [0.29, 0.717) is 0 Å². The summed E-state index contributed by atoms with van der Waals surface area (Å²) in [6.45, 7) is 9.63. The highest BCUT2D eigenvalue weighted by Gasteiger charge is 2.53. The number of nitrogens with two attached hydrogens (primary N) is 1. The third-order valence-corrected chi connectivity index (χ3v) is 4.22. The molecule has 7 heteroatoms. The number of rotatable bonds is 5. The fraction of sp³-hybridized carbons (Fsp3) is 0.727. The molecular formula is C11H21NO5S. The Bertz CT molecular complexity index is 423. The van der Waals surface area contributed by atoms with E-state index in [1.54, 1.807) is 20.8 Å². The van der Waals surface area contributed by atoms with Crippen molar-refractivity contribution in [2.75, 3.05) is 0 Å². The van der Waals surface area contributed by atoms with Gasteiger partial charge in [0.2, 0.25) is 0 Å². The van der Waals surface area contributed by atoms with Gasteiger partial charge in [-0.1, -0.05) is 34.3 Å². The molecule has 0 aromatic rings. The molecule has 3 N–H and O–H groups in total. The van der Waals surface area contributed by atoms with Crippen LogP contribution in [0.2, 0.25) is 0 Å². The summed E-state index contributed by atoms with van der Waals surface area (Å²) in [6, 6.07) is 0. The van der Waals surface area contributed by atoms with Crippen molar-refractivity contribution in [1.29, 1.82) is 0 Å². The maximum atomic E-state index is 11.4. The first kappa shape index (κ1) is 17.1. The number of hydrogen-bond donors (Lipinski definition) is 2. The maximum absolute atomic E-state index is 11.4. The zero-order valence-corrected chi connectivity index (χ0v) is 12.0. The minimum Gasteiger partial charge on any atom is -0.439 e. The number of esters is 1. The Kier molecular flexibility index (Phi) is 5.10. The van der Waals surface area contributed by atoms with Crippen LogP contribution in [0.3, 0.4) is 0 Å². The van der Waals surface area contributed by atoms with Gasteiger partial charge in [0.25, 0.3) is 10.1 Å². The lowest BCUT2D eigenvalue weighted by Gasteiger charge is -2.43. The SMILES string of the molecule is C=CC(=O)OC(N)(C(CC)S(=O)(=O)O)C(C)(C)C. The van der Waals surface area contributed by atoms with E-state index in [1.807, 2.05) is 0 Å². The van der Waals surface area contributed by atoms with Crippen LogP contribution in [-0.2, 0) is 19.6 Å². The second-order valence-corrected chi connectivity index (χ2v) is 6.68. The summed E-state index contributed by atoms with van der Waals surface area (Å²) in [7, 11) is -4.45. The van der Waals surface area contributed by atoms with Crippen LogP contribution in [0.4, 0.5) is 0 Å². The molecule has 18 heavy (non-hydrogen) atoms. The molecule has 106 valence electrons. The molecule has 6 nitrogen and oxygen atoms in total. The van der Waals surface area contributed by atoms with Crippen LogP contribution < -0.4 is 5.73 Å². The minimum atomic E-state index is -4.45. The molecule has 0 radical (unpaired) electrons. The predicted molar refractivity (Wildman–Crippen MR) is 68.3 cm³/mol. The van der Waals surface area contributed by atoms with Crippen LogP contribution in [-0.4, -0.2) is 29.9 Å². The van der Waals surface area contributed by atoms with E-state index in [9.17, 15) is 17.8 Å². The van der Waals surface area contributed by atoms with Gasteiger partial charge < -0.3 is 4.74 Å². The van der Waals surface area contributed by atoms with E-state index in [2.05, 4.69) is 6.58 Å². The molecule has 0 saturated heterocycles. The van der Waals surface area contributed by atoms with Crippen LogP contribution in [0.15, 0.2) is 12.7 Å². The van der Waals surface area contributed by atoms with Gasteiger partial charge in [0, 0.05) is 11.5 Å². The van der Waals surface area contributed by atoms with E-state index in [-0.39, 0.29) is 6.42 Å². The van der Waals surface area contributed by atoms with Crippen molar-refractivity contribution in [3.63, 3.8) is 0 Å². The molecule has 0 aromatic carbocycles. The first-order chi connectivity index (χ1) is 7.90. The van der Waals surface area contributed by atoms with Crippen molar-refractivity contribution in [3.05, 3.63) is 12.7 Å². The molecule has 0 spiro atoms. The molecule has 2 atom stereocenters. The Hall–Kier alpha value is -0.920. The number of hydrogen-bond acceptors (Lipinski definition) is 5. The molecule has 0 aliphatic carbocycles. The Morgan fingerprint density at radius 1 is 1.50 bits per heavy atom. The Balaban J connectivity index is 5.75. The topological polar surface area (TPSA) is 107 Å². The van der Waals surface area contributed by atoms with Crippen LogP contribution in [0, 0.1) is 5.41 Å². The number of carbonyl (C=O) groups excluding carboxylic acids is 1. The molecule has 0 rings (SSSR count). The summed E-state index contributed by atoms with van der Waals surface area (Å²) >= 11 is 0. The molecule has 0 aromatic heterocycles. The van der Waals surface area contributed by atoms with Crippen molar-refractivity contribution in [2.45, 2.75) is 45.1 Å². The Morgan fingerprint density at radius 2 is 1.94 bits per heavy atom. The molecule has 0 aliphatic heterocycles. The highest BCUT2D eigenvalue weighted by molar-refractivity contribution is 7.86. The quantitative estimate of drug-likeness (QED) is 0.337. The maximum Gasteiger partial charge on any atom is 0.331 e. The van der Waals surface area contributed by atoms with E-state index < -0.39 is 32.5 Å². The zero-order valence-electron chi connectivity index (χ0n) is 11.1. The van der Waals surface area contributed by atoms with Crippen molar-refractivity contribution in [2.24, 2.45) is 11.1 Å². The Labute approximate surface area is 108 Å². The van der Waals surface area contributed by atoms with Gasteiger partial charge >= 0.3 is 5.97 Å². The molecule has 0 fully saturated rings. The van der Waals surface area contributed by atoms with E-state index in [0.717, 1.165) is 6.08 Å². The average Bonchev–Trinajstić information content (AvgIpc) is 2.14. The molecular weight excluding hydrogens is 258 g/mol. The van der Waals surface area contributed by atoms with Gasteiger partial charge in [0.15, 0.2) is 5.72 Å². The second-order valence-electron chi connectivity index (χ2n) is 5.08. The smallest absolute Gasteiger partial charge is 0.331 e. The van der Waals surface area contributed by atoms with Crippen molar-refractivity contribution >= 4 is 16.1 Å². The van der Waals surface area contributed by atoms with Crippen molar-refractivity contribution in [1.82, 2.24) is 0 Å². The van der Waals surface area contributed by atoms with Gasteiger partial charge in [0.1, 0.15) is 5.25 Å². The lowest BCUT2D eigenvalue weighted by Crippen LogP contribution is -2.64. The first-order valence-electron chi connectivity index (χ1n) is 5.50. The number of carbonyl (C=O) groups is 1. The third-order valence-electron chi connectivity index (χ3n) is 2.82. The van der Waals surface area contributed by atoms with Gasteiger partial charge in [-0.15, -0.1) is 0 Å². The number of ether oxygens (including phenoxy) is 1.